The van der Waals surface area contributed by atoms with Crippen LogP contribution in [-0.2, 0) is 16.0 Å². The number of nitrogens with one attached hydrogen (secondary N) is 1. The van der Waals surface area contributed by atoms with E-state index in [1.807, 2.05) is 57.7 Å². The molecule has 1 saturated heterocycles. The van der Waals surface area contributed by atoms with Crippen molar-refractivity contribution in [3.8, 4) is 11.1 Å². The number of benzene rings is 2. The number of alkyl halides is 1. The van der Waals surface area contributed by atoms with Gasteiger partial charge in [-0.25, -0.2) is 13.5 Å². The monoisotopic (exact) mass is 648 g/mol. The molecule has 0 radical (unpaired) electrons. The number of carboxylic acid groups (broad SMARTS) is 1. The van der Waals surface area contributed by atoms with Gasteiger partial charge in [-0.05, 0) is 105 Å². The summed E-state index contributed by atoms with van der Waals surface area (Å²) in [5.41, 5.74) is 6.11. The molecular weight excluding hydrogens is 602 g/mol. The largest absolute Gasteiger partial charge is 0.481 e. The van der Waals surface area contributed by atoms with Crippen molar-refractivity contribution in [2.75, 3.05) is 19.6 Å². The molecule has 10 heteroatoms. The maximum absolute atomic E-state index is 15.9. The number of carbonyl (C=O) groups excluding carboxylic acids is 1. The average Bonchev–Trinajstić information content (AvgIpc) is 3.80. The standard InChI is InChI=1S/C37H46F2N4O4/c1-20(2)11-32(43-37(47)29(25-7-8-25)16-28(41-43)9-10-42-18-27(38)19-42)36(46)40-31(17-33(44)45)30-15-26(14-24(6)35(30)39)34-22(4)12-21(3)13-23(34)5/h12-16,20,25,27,31-32H,7-11,17-19H2,1-6H3,(H,40,46)(H,44,45)/t31-,32-/m0/s1. The van der Waals surface area contributed by atoms with Crippen LogP contribution in [0.5, 0.6) is 0 Å². The summed E-state index contributed by atoms with van der Waals surface area (Å²) in [6.45, 7) is 12.8. The Labute approximate surface area is 275 Å². The van der Waals surface area contributed by atoms with Crippen LogP contribution >= 0.6 is 0 Å². The molecule has 252 valence electrons. The number of carbonyl (C=O) groups is 2. The van der Waals surface area contributed by atoms with E-state index in [2.05, 4.69) is 10.4 Å². The van der Waals surface area contributed by atoms with Crippen LogP contribution in [0.1, 0.15) is 96.6 Å². The number of likely N-dealkylation sites (tertiary alicyclic amines) is 1. The molecule has 2 heterocycles. The molecule has 0 unspecified atom stereocenters. The third-order valence-electron chi connectivity index (χ3n) is 9.24. The number of hydrogen-bond donors (Lipinski definition) is 2. The van der Waals surface area contributed by atoms with Gasteiger partial charge in [0, 0.05) is 37.2 Å². The minimum Gasteiger partial charge on any atom is -0.481 e. The summed E-state index contributed by atoms with van der Waals surface area (Å²) in [4.78, 5) is 42.1. The molecule has 2 atom stereocenters. The first kappa shape index (κ1) is 34.4. The zero-order valence-electron chi connectivity index (χ0n) is 28.2. The molecule has 2 fully saturated rings. The molecule has 0 bridgehead atoms. The fraction of sp³-hybridized carbons (Fsp3) is 0.514. The Kier molecular flexibility index (Phi) is 10.3. The maximum atomic E-state index is 15.9. The van der Waals surface area contributed by atoms with Gasteiger partial charge in [-0.2, -0.15) is 5.10 Å². The van der Waals surface area contributed by atoms with Gasteiger partial charge in [-0.3, -0.25) is 19.3 Å². The number of nitrogens with zero attached hydrogens (tertiary/aromatic N) is 3. The van der Waals surface area contributed by atoms with Crippen molar-refractivity contribution in [1.82, 2.24) is 20.0 Å². The highest BCUT2D eigenvalue weighted by atomic mass is 19.1. The van der Waals surface area contributed by atoms with Crippen molar-refractivity contribution in [1.29, 1.82) is 0 Å². The SMILES string of the molecule is Cc1cc(C)c(-c2cc(C)c(F)c([C@H](CC(=O)O)NC(=O)[C@H](CC(C)C)n3nc(CCN4CC(F)C4)cc(C4CC4)c3=O)c2)c(C)c1. The normalized spacial score (nSPS) is 16.6. The topological polar surface area (TPSA) is 105 Å². The zero-order chi connectivity index (χ0) is 34.2. The van der Waals surface area contributed by atoms with E-state index >= 15 is 4.39 Å². The van der Waals surface area contributed by atoms with Gasteiger partial charge in [-0.15, -0.1) is 0 Å². The quantitative estimate of drug-likeness (QED) is 0.226. The van der Waals surface area contributed by atoms with Crippen molar-refractivity contribution in [2.24, 2.45) is 5.92 Å². The predicted octanol–water partition coefficient (Wildman–Crippen LogP) is 6.28. The first-order valence-corrected chi connectivity index (χ1v) is 16.6. The number of halogens is 2. The van der Waals surface area contributed by atoms with E-state index in [0.29, 0.717) is 42.9 Å². The molecule has 1 aromatic heterocycles. The number of hydrogen-bond acceptors (Lipinski definition) is 5. The first-order chi connectivity index (χ1) is 22.2. The van der Waals surface area contributed by atoms with Gasteiger partial charge in [0.15, 0.2) is 0 Å². The number of aryl methyl sites for hydroxylation is 4. The lowest BCUT2D eigenvalue weighted by atomic mass is 9.89. The van der Waals surface area contributed by atoms with Crippen molar-refractivity contribution >= 4 is 11.9 Å². The molecule has 3 aromatic rings. The number of aromatic nitrogens is 2. The van der Waals surface area contributed by atoms with Crippen molar-refractivity contribution in [2.45, 2.75) is 97.8 Å². The van der Waals surface area contributed by atoms with Crippen LogP contribution in [0.25, 0.3) is 11.1 Å². The van der Waals surface area contributed by atoms with Crippen LogP contribution in [0.3, 0.4) is 0 Å². The van der Waals surface area contributed by atoms with Crippen LogP contribution in [0, 0.1) is 39.4 Å². The Morgan fingerprint density at radius 1 is 1.02 bits per heavy atom. The van der Waals surface area contributed by atoms with Crippen LogP contribution in [0.4, 0.5) is 8.78 Å². The lowest BCUT2D eigenvalue weighted by Gasteiger charge is -2.34. The Morgan fingerprint density at radius 2 is 1.68 bits per heavy atom. The highest BCUT2D eigenvalue weighted by molar-refractivity contribution is 5.82. The summed E-state index contributed by atoms with van der Waals surface area (Å²) in [7, 11) is 0. The zero-order valence-corrected chi connectivity index (χ0v) is 28.2. The molecule has 47 heavy (non-hydrogen) atoms. The van der Waals surface area contributed by atoms with Crippen LogP contribution < -0.4 is 10.9 Å². The molecule has 2 aromatic carbocycles. The van der Waals surface area contributed by atoms with Crippen LogP contribution in [0.15, 0.2) is 35.1 Å². The Hall–Kier alpha value is -3.92. The van der Waals surface area contributed by atoms with E-state index in [1.165, 1.54) is 4.68 Å². The second-order valence-corrected chi connectivity index (χ2v) is 14.0. The van der Waals surface area contributed by atoms with Crippen LogP contribution in [0.2, 0.25) is 0 Å². The van der Waals surface area contributed by atoms with Gasteiger partial charge in [0.05, 0.1) is 18.2 Å². The molecule has 2 aliphatic rings. The van der Waals surface area contributed by atoms with Crippen LogP contribution in [-0.4, -0.2) is 57.5 Å². The Balaban J connectivity index is 1.52. The van der Waals surface area contributed by atoms with E-state index in [9.17, 15) is 23.9 Å². The van der Waals surface area contributed by atoms with Crippen molar-refractivity contribution in [3.63, 3.8) is 0 Å². The van der Waals surface area contributed by atoms with E-state index in [1.54, 1.807) is 19.1 Å². The summed E-state index contributed by atoms with van der Waals surface area (Å²) in [5, 5.41) is 17.4. The summed E-state index contributed by atoms with van der Waals surface area (Å²) in [6.07, 6.45) is 1.16. The van der Waals surface area contributed by atoms with E-state index in [0.717, 1.165) is 40.7 Å². The number of carboxylic acids is 1. The minimum absolute atomic E-state index is 0.0113. The van der Waals surface area contributed by atoms with Crippen molar-refractivity contribution < 1.29 is 23.5 Å². The van der Waals surface area contributed by atoms with Gasteiger partial charge in [-0.1, -0.05) is 31.5 Å². The molecule has 8 nitrogen and oxygen atoms in total. The number of amides is 1. The lowest BCUT2D eigenvalue weighted by molar-refractivity contribution is -0.138. The lowest BCUT2D eigenvalue weighted by Crippen LogP contribution is -2.49. The smallest absolute Gasteiger partial charge is 0.305 e. The average molecular weight is 649 g/mol. The maximum Gasteiger partial charge on any atom is 0.305 e. The van der Waals surface area contributed by atoms with Gasteiger partial charge in [0.25, 0.3) is 5.56 Å². The highest BCUT2D eigenvalue weighted by Crippen LogP contribution is 2.39. The summed E-state index contributed by atoms with van der Waals surface area (Å²) in [6, 6.07) is 7.05. The molecule has 1 saturated carbocycles. The molecule has 1 aliphatic heterocycles. The van der Waals surface area contributed by atoms with Gasteiger partial charge in [0.2, 0.25) is 5.91 Å². The summed E-state index contributed by atoms with van der Waals surface area (Å²) >= 11 is 0. The van der Waals surface area contributed by atoms with Crippen molar-refractivity contribution in [3.05, 3.63) is 85.6 Å². The summed E-state index contributed by atoms with van der Waals surface area (Å²) in [5.74, 6) is -2.28. The Bertz CT molecular complexity index is 1700. The molecular formula is C37H46F2N4O4. The second kappa shape index (κ2) is 14.1. The minimum atomic E-state index is -1.20. The third kappa shape index (κ3) is 7.97. The van der Waals surface area contributed by atoms with E-state index < -0.39 is 42.4 Å². The Morgan fingerprint density at radius 3 is 2.26 bits per heavy atom. The van der Waals surface area contributed by atoms with Gasteiger partial charge in [0.1, 0.15) is 18.0 Å². The van der Waals surface area contributed by atoms with E-state index in [-0.39, 0.29) is 29.4 Å². The fourth-order valence-electron chi connectivity index (χ4n) is 6.84. The predicted molar refractivity (Wildman–Crippen MR) is 178 cm³/mol. The highest BCUT2D eigenvalue weighted by Gasteiger charge is 2.34. The first-order valence-electron chi connectivity index (χ1n) is 16.6. The van der Waals surface area contributed by atoms with E-state index in [4.69, 9.17) is 0 Å². The summed E-state index contributed by atoms with van der Waals surface area (Å²) < 4.78 is 30.5. The van der Waals surface area contributed by atoms with Gasteiger partial charge >= 0.3 is 5.97 Å². The molecule has 5 rings (SSSR count). The second-order valence-electron chi connectivity index (χ2n) is 14.0. The number of aliphatic carboxylic acids is 1. The number of rotatable bonds is 13. The molecule has 1 amide bonds. The third-order valence-corrected chi connectivity index (χ3v) is 9.24. The van der Waals surface area contributed by atoms with Gasteiger partial charge < -0.3 is 10.4 Å². The molecule has 0 spiro atoms. The molecule has 1 aliphatic carbocycles. The fourth-order valence-corrected chi connectivity index (χ4v) is 6.84. The molecule has 2 N–H and O–H groups in total.